The van der Waals surface area contributed by atoms with Gasteiger partial charge in [-0.05, 0) is 17.5 Å². The quantitative estimate of drug-likeness (QED) is 0.696. The Morgan fingerprint density at radius 2 is 2.18 bits per heavy atom. The van der Waals surface area contributed by atoms with Crippen LogP contribution < -0.4 is 5.32 Å². The smallest absolute Gasteiger partial charge is 0.193 e. The molecule has 1 aromatic heterocycles. The zero-order valence-electron chi connectivity index (χ0n) is 13.2. The van der Waals surface area contributed by atoms with Crippen LogP contribution in [0.15, 0.2) is 47.7 Å². The molecule has 2 aromatic rings. The molecule has 3 rings (SSSR count). The molecule has 0 radical (unpaired) electrons. The van der Waals surface area contributed by atoms with E-state index in [4.69, 9.17) is 0 Å². The van der Waals surface area contributed by atoms with E-state index in [1.165, 1.54) is 11.1 Å². The van der Waals surface area contributed by atoms with Crippen LogP contribution >= 0.6 is 0 Å². The van der Waals surface area contributed by atoms with Gasteiger partial charge in [0, 0.05) is 45.8 Å². The largest absolute Gasteiger partial charge is 0.352 e. The van der Waals surface area contributed by atoms with Crippen LogP contribution in [-0.4, -0.2) is 40.8 Å². The molecular formula is C17H23N5. The molecule has 1 aliphatic rings. The Morgan fingerprint density at radius 1 is 1.36 bits per heavy atom. The van der Waals surface area contributed by atoms with E-state index in [1.54, 1.807) is 0 Å². The molecule has 5 heteroatoms. The zero-order chi connectivity index (χ0) is 15.4. The summed E-state index contributed by atoms with van der Waals surface area (Å²) in [7, 11) is 3.82. The predicted molar refractivity (Wildman–Crippen MR) is 88.8 cm³/mol. The monoisotopic (exact) mass is 297 g/mol. The first kappa shape index (κ1) is 14.6. The van der Waals surface area contributed by atoms with Gasteiger partial charge in [-0.2, -0.15) is 5.10 Å². The Kier molecular flexibility index (Phi) is 4.42. The van der Waals surface area contributed by atoms with Crippen molar-refractivity contribution in [3.05, 3.63) is 53.9 Å². The molecule has 0 bridgehead atoms. The summed E-state index contributed by atoms with van der Waals surface area (Å²) in [6.07, 6.45) is 5.25. The molecule has 22 heavy (non-hydrogen) atoms. The minimum atomic E-state index is 0.545. The van der Waals surface area contributed by atoms with Crippen molar-refractivity contribution >= 4 is 5.96 Å². The summed E-state index contributed by atoms with van der Waals surface area (Å²) >= 11 is 0. The van der Waals surface area contributed by atoms with Crippen LogP contribution in [-0.2, 0) is 13.6 Å². The highest BCUT2D eigenvalue weighted by molar-refractivity contribution is 5.80. The van der Waals surface area contributed by atoms with Crippen molar-refractivity contribution in [2.75, 3.05) is 20.1 Å². The fourth-order valence-corrected chi connectivity index (χ4v) is 2.98. The molecule has 1 aliphatic heterocycles. The number of benzene rings is 1. The molecule has 5 nitrogen and oxygen atoms in total. The van der Waals surface area contributed by atoms with E-state index in [9.17, 15) is 0 Å². The lowest BCUT2D eigenvalue weighted by atomic mass is 10.0. The van der Waals surface area contributed by atoms with E-state index < -0.39 is 0 Å². The van der Waals surface area contributed by atoms with Crippen molar-refractivity contribution in [2.45, 2.75) is 18.9 Å². The van der Waals surface area contributed by atoms with E-state index in [1.807, 2.05) is 31.0 Å². The number of nitrogens with zero attached hydrogens (tertiary/aromatic N) is 4. The van der Waals surface area contributed by atoms with Crippen molar-refractivity contribution in [2.24, 2.45) is 12.0 Å². The first-order valence-corrected chi connectivity index (χ1v) is 7.74. The number of aryl methyl sites for hydroxylation is 1. The van der Waals surface area contributed by atoms with Gasteiger partial charge in [-0.25, -0.2) is 0 Å². The summed E-state index contributed by atoms with van der Waals surface area (Å²) in [6, 6.07) is 10.4. The third kappa shape index (κ3) is 3.30. The van der Waals surface area contributed by atoms with Gasteiger partial charge in [-0.3, -0.25) is 9.67 Å². The Hall–Kier alpha value is -2.30. The maximum absolute atomic E-state index is 4.43. The van der Waals surface area contributed by atoms with E-state index in [-0.39, 0.29) is 0 Å². The lowest BCUT2D eigenvalue weighted by Crippen LogP contribution is -2.39. The molecule has 1 N–H and O–H groups in total. The summed E-state index contributed by atoms with van der Waals surface area (Å²) in [4.78, 5) is 6.76. The van der Waals surface area contributed by atoms with Crippen LogP contribution in [0.2, 0.25) is 0 Å². The topological polar surface area (TPSA) is 45.5 Å². The molecule has 1 fully saturated rings. The van der Waals surface area contributed by atoms with E-state index in [0.717, 1.165) is 32.0 Å². The van der Waals surface area contributed by atoms with Crippen LogP contribution in [0.3, 0.4) is 0 Å². The molecule has 1 aromatic carbocycles. The number of rotatable bonds is 3. The SMILES string of the molecule is CN=C(NCc1ccccc1)N1CCC(c2cnn(C)c2)C1. The number of hydrogen-bond acceptors (Lipinski definition) is 2. The number of likely N-dealkylation sites (tertiary alicyclic amines) is 1. The van der Waals surface area contributed by atoms with Crippen molar-refractivity contribution in [1.82, 2.24) is 20.0 Å². The maximum Gasteiger partial charge on any atom is 0.193 e. The van der Waals surface area contributed by atoms with Crippen LogP contribution in [0, 0.1) is 0 Å². The highest BCUT2D eigenvalue weighted by Crippen LogP contribution is 2.26. The van der Waals surface area contributed by atoms with E-state index >= 15 is 0 Å². The van der Waals surface area contributed by atoms with Crippen LogP contribution in [0.1, 0.15) is 23.5 Å². The lowest BCUT2D eigenvalue weighted by molar-refractivity contribution is 0.486. The highest BCUT2D eigenvalue weighted by Gasteiger charge is 2.26. The minimum Gasteiger partial charge on any atom is -0.352 e. The van der Waals surface area contributed by atoms with Gasteiger partial charge in [0.1, 0.15) is 0 Å². The Bertz CT molecular complexity index is 632. The number of nitrogens with one attached hydrogen (secondary N) is 1. The normalized spacial score (nSPS) is 18.7. The Morgan fingerprint density at radius 3 is 2.86 bits per heavy atom. The van der Waals surface area contributed by atoms with Gasteiger partial charge in [0.05, 0.1) is 6.20 Å². The maximum atomic E-state index is 4.43. The lowest BCUT2D eigenvalue weighted by Gasteiger charge is -2.21. The van der Waals surface area contributed by atoms with Gasteiger partial charge < -0.3 is 10.2 Å². The minimum absolute atomic E-state index is 0.545. The van der Waals surface area contributed by atoms with Crippen molar-refractivity contribution in [3.63, 3.8) is 0 Å². The number of aromatic nitrogens is 2. The predicted octanol–water partition coefficient (Wildman–Crippen LogP) is 1.98. The van der Waals surface area contributed by atoms with E-state index in [0.29, 0.717) is 5.92 Å². The molecule has 0 spiro atoms. The summed E-state index contributed by atoms with van der Waals surface area (Å²) in [5.41, 5.74) is 2.59. The fourth-order valence-electron chi connectivity index (χ4n) is 2.98. The average molecular weight is 297 g/mol. The third-order valence-electron chi connectivity index (χ3n) is 4.19. The third-order valence-corrected chi connectivity index (χ3v) is 4.19. The first-order chi connectivity index (χ1) is 10.8. The molecule has 0 aliphatic carbocycles. The molecule has 1 atom stereocenters. The standard InChI is InChI=1S/C17H23N5/c1-18-17(19-10-14-6-4-3-5-7-14)22-9-8-15(13-22)16-11-20-21(2)12-16/h3-7,11-12,15H,8-10,13H2,1-2H3,(H,18,19). The van der Waals surface area contributed by atoms with Crippen molar-refractivity contribution in [3.8, 4) is 0 Å². The molecule has 0 saturated carbocycles. The van der Waals surface area contributed by atoms with Gasteiger partial charge in [0.2, 0.25) is 0 Å². The number of guanidine groups is 1. The summed E-state index contributed by atoms with van der Waals surface area (Å²) in [6.45, 7) is 2.84. The second-order valence-electron chi connectivity index (χ2n) is 5.77. The van der Waals surface area contributed by atoms with Gasteiger partial charge in [-0.1, -0.05) is 30.3 Å². The molecule has 1 unspecified atom stereocenters. The molecule has 0 amide bonds. The molecule has 116 valence electrons. The highest BCUT2D eigenvalue weighted by atomic mass is 15.3. The number of aliphatic imine (C=N–C) groups is 1. The summed E-state index contributed by atoms with van der Waals surface area (Å²) < 4.78 is 1.88. The second-order valence-corrected chi connectivity index (χ2v) is 5.77. The fraction of sp³-hybridized carbons (Fsp3) is 0.412. The first-order valence-electron chi connectivity index (χ1n) is 7.74. The van der Waals surface area contributed by atoms with E-state index in [2.05, 4.69) is 50.8 Å². The average Bonchev–Trinajstić information content (AvgIpc) is 3.18. The van der Waals surface area contributed by atoms with Crippen LogP contribution in [0.4, 0.5) is 0 Å². The van der Waals surface area contributed by atoms with Crippen molar-refractivity contribution < 1.29 is 0 Å². The van der Waals surface area contributed by atoms with Gasteiger partial charge in [0.25, 0.3) is 0 Å². The van der Waals surface area contributed by atoms with Crippen LogP contribution in [0.25, 0.3) is 0 Å². The van der Waals surface area contributed by atoms with Gasteiger partial charge in [0.15, 0.2) is 5.96 Å². The van der Waals surface area contributed by atoms with Gasteiger partial charge in [-0.15, -0.1) is 0 Å². The zero-order valence-corrected chi connectivity index (χ0v) is 13.2. The number of hydrogen-bond donors (Lipinski definition) is 1. The molecular weight excluding hydrogens is 274 g/mol. The Labute approximate surface area is 131 Å². The van der Waals surface area contributed by atoms with Crippen LogP contribution in [0.5, 0.6) is 0 Å². The second kappa shape index (κ2) is 6.64. The van der Waals surface area contributed by atoms with Crippen molar-refractivity contribution in [1.29, 1.82) is 0 Å². The molecule has 1 saturated heterocycles. The molecule has 2 heterocycles. The summed E-state index contributed by atoms with van der Waals surface area (Å²) in [5.74, 6) is 1.53. The Balaban J connectivity index is 1.58. The summed E-state index contributed by atoms with van der Waals surface area (Å²) in [5, 5.41) is 7.74. The van der Waals surface area contributed by atoms with Gasteiger partial charge >= 0.3 is 0 Å².